The maximum atomic E-state index is 14.4. The minimum Gasteiger partial charge on any atom is -0.459 e. The first-order chi connectivity index (χ1) is 30.8. The number of rotatable bonds is 29. The molecule has 0 bridgehead atoms. The van der Waals surface area contributed by atoms with E-state index < -0.39 is 28.8 Å². The molecule has 1 fully saturated rings. The third-order valence-electron chi connectivity index (χ3n) is 12.9. The highest BCUT2D eigenvalue weighted by Gasteiger charge is 2.65. The number of oxime groups is 1. The molecule has 2 N–H and O–H groups in total. The lowest BCUT2D eigenvalue weighted by Gasteiger charge is -2.59. The topological polar surface area (TPSA) is 162 Å². The van der Waals surface area contributed by atoms with Gasteiger partial charge in [-0.15, -0.1) is 6.58 Å². The van der Waals surface area contributed by atoms with Crippen LogP contribution in [0.5, 0.6) is 17.2 Å². The molecule has 1 amide bonds. The smallest absolute Gasteiger partial charge is 0.410 e. The molecule has 1 aliphatic heterocycles. The summed E-state index contributed by atoms with van der Waals surface area (Å²) >= 11 is 0. The molecule has 348 valence electrons. The fourth-order valence-electron chi connectivity index (χ4n) is 10.1. The highest BCUT2D eigenvalue weighted by atomic mass is 16.7. The fraction of sp³-hybridized carbons (Fsp3) is 0.640. The molecule has 0 aromatic heterocycles. The monoisotopic (exact) mass is 876 g/mol. The Morgan fingerprint density at radius 3 is 2.30 bits per heavy atom. The normalized spacial score (nSPS) is 22.9. The summed E-state index contributed by atoms with van der Waals surface area (Å²) in [7, 11) is 1.53. The second kappa shape index (κ2) is 25.7. The van der Waals surface area contributed by atoms with Gasteiger partial charge in [-0.3, -0.25) is 15.0 Å². The van der Waals surface area contributed by atoms with Gasteiger partial charge >= 0.3 is 6.09 Å². The predicted molar refractivity (Wildman–Crippen MR) is 245 cm³/mol. The number of unbranched alkanes of at least 4 members (excludes halogenated alkanes) is 11. The Hall–Kier alpha value is -4.46. The Morgan fingerprint density at radius 1 is 0.937 bits per heavy atom. The van der Waals surface area contributed by atoms with E-state index >= 15 is 0 Å². The van der Waals surface area contributed by atoms with Crippen molar-refractivity contribution in [3.05, 3.63) is 82.4 Å². The molecule has 13 nitrogen and oxygen atoms in total. The largest absolute Gasteiger partial charge is 0.459 e. The number of ether oxygens (including phenoxy) is 4. The molecule has 0 radical (unpaired) electrons. The van der Waals surface area contributed by atoms with Crippen LogP contribution in [-0.2, 0) is 14.3 Å². The summed E-state index contributed by atoms with van der Waals surface area (Å²) < 4.78 is 26.7. The minimum atomic E-state index is -1.40. The number of hydrogen-bond acceptors (Lipinski definition) is 11. The maximum absolute atomic E-state index is 14.4. The van der Waals surface area contributed by atoms with Gasteiger partial charge in [0.25, 0.3) is 5.69 Å². The Bertz CT molecular complexity index is 1820. The van der Waals surface area contributed by atoms with E-state index in [0.717, 1.165) is 56.1 Å². The minimum absolute atomic E-state index is 0.0249. The van der Waals surface area contributed by atoms with Gasteiger partial charge in [-0.2, -0.15) is 0 Å². The predicted octanol–water partition coefficient (Wildman–Crippen LogP) is 11.4. The molecule has 0 unspecified atom stereocenters. The number of benzene rings is 2. The van der Waals surface area contributed by atoms with Crippen LogP contribution in [0.4, 0.5) is 10.5 Å². The number of aliphatic hydroxyl groups is 2. The van der Waals surface area contributed by atoms with Crippen molar-refractivity contribution in [3.8, 4) is 17.2 Å². The van der Waals surface area contributed by atoms with Crippen molar-refractivity contribution in [2.45, 2.75) is 147 Å². The molecule has 2 aliphatic carbocycles. The van der Waals surface area contributed by atoms with Crippen molar-refractivity contribution in [1.29, 1.82) is 0 Å². The number of nitrogens with zero attached hydrogens (tertiary/aromatic N) is 3. The van der Waals surface area contributed by atoms with Gasteiger partial charge in [-0.1, -0.05) is 108 Å². The second-order valence-electron chi connectivity index (χ2n) is 17.3. The first kappa shape index (κ1) is 49.6. The van der Waals surface area contributed by atoms with E-state index in [-0.39, 0.29) is 49.7 Å². The van der Waals surface area contributed by atoms with Crippen molar-refractivity contribution in [2.24, 2.45) is 22.9 Å². The molecule has 0 spiro atoms. The molecular weight excluding hydrogens is 803 g/mol. The zero-order valence-corrected chi connectivity index (χ0v) is 38.1. The van der Waals surface area contributed by atoms with Crippen molar-refractivity contribution >= 4 is 17.5 Å². The van der Waals surface area contributed by atoms with Crippen molar-refractivity contribution in [2.75, 3.05) is 40.1 Å². The molecular formula is C50H73N3O10. The van der Waals surface area contributed by atoms with Crippen LogP contribution in [0, 0.1) is 27.9 Å². The zero-order chi connectivity index (χ0) is 45.0. The zero-order valence-electron chi connectivity index (χ0n) is 38.1. The number of aliphatic hydroxyl groups excluding tert-OH is 2. The van der Waals surface area contributed by atoms with E-state index in [1.54, 1.807) is 29.2 Å². The van der Waals surface area contributed by atoms with Crippen molar-refractivity contribution in [3.63, 3.8) is 0 Å². The molecule has 1 heterocycles. The van der Waals surface area contributed by atoms with Crippen molar-refractivity contribution in [1.82, 2.24) is 4.90 Å². The van der Waals surface area contributed by atoms with E-state index in [4.69, 9.17) is 23.8 Å². The Labute approximate surface area is 375 Å². The Morgan fingerprint density at radius 2 is 1.63 bits per heavy atom. The number of hydrogen-bond donors (Lipinski definition) is 2. The number of nitro groups is 1. The lowest BCUT2D eigenvalue weighted by Crippen LogP contribution is -2.70. The van der Waals surface area contributed by atoms with E-state index in [1.807, 2.05) is 19.1 Å². The number of fused-ring (bicyclic) bond motifs is 2. The van der Waals surface area contributed by atoms with Gasteiger partial charge in [0, 0.05) is 43.7 Å². The fourth-order valence-corrected chi connectivity index (χ4v) is 10.1. The molecule has 13 heteroatoms. The molecule has 1 saturated carbocycles. The number of non-ortho nitro benzene ring substituents is 1. The summed E-state index contributed by atoms with van der Waals surface area (Å²) in [6, 6.07) is 11.0. The van der Waals surface area contributed by atoms with Gasteiger partial charge in [-0.05, 0) is 80.2 Å². The number of carbonyl (C=O) groups is 1. The number of carbonyl (C=O) groups excluding carboxylic acids is 1. The summed E-state index contributed by atoms with van der Waals surface area (Å²) in [5.74, 6) is -0.641. The Balaban J connectivity index is 1.56. The van der Waals surface area contributed by atoms with Gasteiger partial charge in [-0.25, -0.2) is 4.79 Å². The number of amides is 1. The van der Waals surface area contributed by atoms with Gasteiger partial charge in [0.05, 0.1) is 35.8 Å². The average molecular weight is 876 g/mol. The van der Waals surface area contributed by atoms with Crippen LogP contribution in [0.25, 0.3) is 0 Å². The van der Waals surface area contributed by atoms with Crippen LogP contribution in [0.15, 0.2) is 71.9 Å². The maximum Gasteiger partial charge on any atom is 0.410 e. The van der Waals surface area contributed by atoms with E-state index in [1.165, 1.54) is 64.2 Å². The van der Waals surface area contributed by atoms with E-state index in [2.05, 4.69) is 24.7 Å². The van der Waals surface area contributed by atoms with Crippen LogP contribution in [0.3, 0.4) is 0 Å². The molecule has 63 heavy (non-hydrogen) atoms. The van der Waals surface area contributed by atoms with Crippen LogP contribution >= 0.6 is 0 Å². The van der Waals surface area contributed by atoms with Crippen LogP contribution in [0.2, 0.25) is 0 Å². The highest BCUT2D eigenvalue weighted by Crippen LogP contribution is 2.62. The SMILES string of the molecule is C=CCO[C@@]12Oc3ccc(Oc4cccc([N+](=O)[O-])c4)cc3[C@H]3[C@H](CCCCO)[C@@H](CCCCO)C=C(C(=NOC)C[C@@H]1N(CCC)C(=O)OCCCCCCCCCCCC)[C@H]32. The number of allylic oxidation sites excluding steroid dienone is 1. The molecule has 2 aromatic carbocycles. The van der Waals surface area contributed by atoms with E-state index in [0.29, 0.717) is 55.4 Å². The van der Waals surface area contributed by atoms with Crippen LogP contribution < -0.4 is 9.47 Å². The average Bonchev–Trinajstić information content (AvgIpc) is 3.28. The van der Waals surface area contributed by atoms with Crippen LogP contribution in [0.1, 0.15) is 141 Å². The second-order valence-corrected chi connectivity index (χ2v) is 17.3. The van der Waals surface area contributed by atoms with Gasteiger partial charge in [0.1, 0.15) is 30.4 Å². The summed E-state index contributed by atoms with van der Waals surface area (Å²) in [6.45, 7) is 9.32. The highest BCUT2D eigenvalue weighted by molar-refractivity contribution is 6.03. The molecule has 2 aromatic rings. The summed E-state index contributed by atoms with van der Waals surface area (Å²) in [5, 5.41) is 36.1. The van der Waals surface area contributed by atoms with Crippen molar-refractivity contribution < 1.29 is 43.7 Å². The summed E-state index contributed by atoms with van der Waals surface area (Å²) in [5.41, 5.74) is 2.44. The third-order valence-corrected chi connectivity index (χ3v) is 12.9. The molecule has 3 aliphatic rings. The third kappa shape index (κ3) is 12.8. The van der Waals surface area contributed by atoms with Gasteiger partial charge in [0.15, 0.2) is 0 Å². The molecule has 6 atom stereocenters. The molecule has 5 rings (SSSR count). The van der Waals surface area contributed by atoms with Gasteiger partial charge in [0.2, 0.25) is 5.79 Å². The number of nitro benzene ring substituents is 1. The van der Waals surface area contributed by atoms with Crippen LogP contribution in [-0.4, -0.2) is 83.8 Å². The van der Waals surface area contributed by atoms with Gasteiger partial charge < -0.3 is 34.0 Å². The lowest BCUT2D eigenvalue weighted by atomic mass is 9.55. The summed E-state index contributed by atoms with van der Waals surface area (Å²) in [6.07, 6.45) is 20.8. The summed E-state index contributed by atoms with van der Waals surface area (Å²) in [4.78, 5) is 33.0. The standard InChI is InChI=1S/C50H73N3O10/c1-5-8-9-10-11-12-13-14-15-20-32-60-49(56)52(28-6-2)46-36-44(51-59-4)42-33-37(22-16-18-29-54)41(25-17-19-30-55)47-43-35-40(62-39-24-21-23-38(34-39)53(57)58)26-27-45(43)63-50(46,48(42)47)61-31-7-3/h7,21,23-24,26-27,33-35,37,41,46-48,54-55H,3,5-6,8-20,22,25,28-32,36H2,1-2,4H3/t37-,41+,46-,47+,48+,50+/m0/s1. The quantitative estimate of drug-likeness (QED) is 0.0348. The first-order valence-electron chi connectivity index (χ1n) is 23.7. The molecule has 0 saturated heterocycles. The lowest BCUT2D eigenvalue weighted by molar-refractivity contribution is -0.384. The van der Waals surface area contributed by atoms with E-state index in [9.17, 15) is 25.1 Å². The Kier molecular flexibility index (Phi) is 20.2. The first-order valence-corrected chi connectivity index (χ1v) is 23.7.